The predicted octanol–water partition coefficient (Wildman–Crippen LogP) is 8.19. The minimum Gasteiger partial charge on any atom is -0.619 e. The van der Waals surface area contributed by atoms with Crippen LogP contribution in [0.4, 0.5) is 0 Å². The Hall–Kier alpha value is -1.94. The van der Waals surface area contributed by atoms with Crippen LogP contribution in [-0.4, -0.2) is 11.7 Å². The van der Waals surface area contributed by atoms with E-state index in [1.54, 1.807) is 12.4 Å². The molecule has 2 aromatic heterocycles. The van der Waals surface area contributed by atoms with E-state index in [-0.39, 0.29) is 0 Å². The third-order valence-corrected chi connectivity index (χ3v) is 7.76. The molecule has 1 N–H and O–H groups in total. The van der Waals surface area contributed by atoms with Crippen LogP contribution in [-0.2, 0) is 19.4 Å². The molecule has 0 fully saturated rings. The Kier molecular flexibility index (Phi) is 19.5. The van der Waals surface area contributed by atoms with E-state index in [4.69, 9.17) is 5.11 Å². The third kappa shape index (κ3) is 17.5. The maximum Gasteiger partial charge on any atom is 0.183 e. The second-order valence-corrected chi connectivity index (χ2v) is 11.3. The highest BCUT2D eigenvalue weighted by atomic mass is 16.5. The third-order valence-electron chi connectivity index (χ3n) is 7.76. The van der Waals surface area contributed by atoms with Gasteiger partial charge in [0.25, 0.3) is 0 Å². The highest BCUT2D eigenvalue weighted by molar-refractivity contribution is 5.05. The molecule has 0 radical (unpaired) electrons. The summed E-state index contributed by atoms with van der Waals surface area (Å²) in [5.74, 6) is 0. The highest BCUT2D eigenvalue weighted by Crippen LogP contribution is 2.14. The molecule has 0 aliphatic carbocycles. The van der Waals surface area contributed by atoms with Crippen molar-refractivity contribution >= 4 is 0 Å². The van der Waals surface area contributed by atoms with Crippen molar-refractivity contribution < 1.29 is 14.4 Å². The Labute approximate surface area is 234 Å². The first-order chi connectivity index (χ1) is 18.8. The molecule has 214 valence electrons. The molecule has 0 atom stereocenters. The molecular weight excluding hydrogens is 468 g/mol. The molecule has 0 amide bonds. The number of aromatic nitrogens is 2. The summed E-state index contributed by atoms with van der Waals surface area (Å²) >= 11 is 0. The van der Waals surface area contributed by atoms with E-state index < -0.39 is 0 Å². The van der Waals surface area contributed by atoms with Crippen LogP contribution in [0.5, 0.6) is 0 Å². The Balaban J connectivity index is 1.37. The normalized spacial score (nSPS) is 11.3. The molecule has 0 saturated heterocycles. The minimum absolute atomic E-state index is 0.357. The molecule has 2 rings (SSSR count). The Morgan fingerprint density at radius 2 is 0.921 bits per heavy atom. The predicted molar refractivity (Wildman–Crippen MR) is 159 cm³/mol. The molecule has 0 unspecified atom stereocenters. The van der Waals surface area contributed by atoms with E-state index >= 15 is 0 Å². The van der Waals surface area contributed by atoms with Gasteiger partial charge >= 0.3 is 0 Å². The molecule has 0 saturated carbocycles. The summed E-state index contributed by atoms with van der Waals surface area (Å²) in [6.45, 7) is 1.50. The van der Waals surface area contributed by atoms with Crippen LogP contribution in [0.2, 0.25) is 0 Å². The molecule has 4 nitrogen and oxygen atoms in total. The van der Waals surface area contributed by atoms with Crippen LogP contribution in [0.15, 0.2) is 49.1 Å². The van der Waals surface area contributed by atoms with Gasteiger partial charge in [0, 0.05) is 36.3 Å². The molecule has 0 aliphatic heterocycles. The average Bonchev–Trinajstić information content (AvgIpc) is 2.92. The quantitative estimate of drug-likeness (QED) is 0.0807. The molecule has 0 aromatic carbocycles. The SMILES string of the molecule is [O-][n+]1cccc(CCCCCCCCCC[n+]2cccc(CCCCCCCCCCCCCCO)c2)c1. The first-order valence-corrected chi connectivity index (χ1v) is 16.0. The number of aryl methyl sites for hydroxylation is 3. The summed E-state index contributed by atoms with van der Waals surface area (Å²) in [5.41, 5.74) is 2.65. The number of rotatable bonds is 25. The molecule has 4 heteroatoms. The lowest BCUT2D eigenvalue weighted by molar-refractivity contribution is -0.697. The second kappa shape index (κ2) is 23.0. The van der Waals surface area contributed by atoms with Crippen LogP contribution in [0.1, 0.15) is 140 Å². The maximum absolute atomic E-state index is 11.3. The van der Waals surface area contributed by atoms with E-state index in [1.165, 1.54) is 134 Å². The van der Waals surface area contributed by atoms with Crippen LogP contribution in [0.25, 0.3) is 0 Å². The first kappa shape index (κ1) is 32.3. The summed E-state index contributed by atoms with van der Waals surface area (Å²) in [6, 6.07) is 8.42. The van der Waals surface area contributed by atoms with Crippen LogP contribution < -0.4 is 9.30 Å². The fourth-order valence-electron chi connectivity index (χ4n) is 5.40. The van der Waals surface area contributed by atoms with Gasteiger partial charge in [-0.2, -0.15) is 4.73 Å². The van der Waals surface area contributed by atoms with Gasteiger partial charge in [0.05, 0.1) is 0 Å². The Morgan fingerprint density at radius 3 is 1.42 bits per heavy atom. The summed E-state index contributed by atoms with van der Waals surface area (Å²) in [5, 5.41) is 20.1. The van der Waals surface area contributed by atoms with Gasteiger partial charge in [0.15, 0.2) is 24.8 Å². The smallest absolute Gasteiger partial charge is 0.183 e. The molecule has 0 bridgehead atoms. The van der Waals surface area contributed by atoms with Gasteiger partial charge in [-0.25, -0.2) is 4.57 Å². The van der Waals surface area contributed by atoms with Crippen LogP contribution in [0, 0.1) is 5.21 Å². The van der Waals surface area contributed by atoms with Gasteiger partial charge < -0.3 is 10.3 Å². The number of unbranched alkanes of at least 4 members (excludes halogenated alkanes) is 18. The number of hydrogen-bond acceptors (Lipinski definition) is 2. The molecule has 38 heavy (non-hydrogen) atoms. The maximum atomic E-state index is 11.3. The minimum atomic E-state index is 0.357. The van der Waals surface area contributed by atoms with Crippen molar-refractivity contribution in [3.05, 3.63) is 65.4 Å². The van der Waals surface area contributed by atoms with E-state index in [1.807, 2.05) is 6.07 Å². The number of pyridine rings is 2. The molecule has 0 spiro atoms. The lowest BCUT2D eigenvalue weighted by Crippen LogP contribution is -2.33. The van der Waals surface area contributed by atoms with Crippen LogP contribution in [0.3, 0.4) is 0 Å². The van der Waals surface area contributed by atoms with Gasteiger partial charge in [-0.1, -0.05) is 96.3 Å². The summed E-state index contributed by atoms with van der Waals surface area (Å²) in [6.07, 6.45) is 36.4. The second-order valence-electron chi connectivity index (χ2n) is 11.3. The van der Waals surface area contributed by atoms with Gasteiger partial charge in [0.2, 0.25) is 0 Å². The summed E-state index contributed by atoms with van der Waals surface area (Å²) < 4.78 is 3.30. The number of nitrogens with zero attached hydrogens (tertiary/aromatic N) is 2. The molecule has 2 aromatic rings. The topological polar surface area (TPSA) is 51.0 Å². The van der Waals surface area contributed by atoms with E-state index in [2.05, 4.69) is 35.2 Å². The Morgan fingerprint density at radius 1 is 0.500 bits per heavy atom. The molecular formula is C34H57N2O2+. The first-order valence-electron chi connectivity index (χ1n) is 16.0. The largest absolute Gasteiger partial charge is 0.619 e. The zero-order valence-corrected chi connectivity index (χ0v) is 24.3. The van der Waals surface area contributed by atoms with Gasteiger partial charge in [0.1, 0.15) is 6.54 Å². The lowest BCUT2D eigenvalue weighted by atomic mass is 10.0. The highest BCUT2D eigenvalue weighted by Gasteiger charge is 2.04. The molecule has 0 aliphatic rings. The van der Waals surface area contributed by atoms with Crippen molar-refractivity contribution in [3.63, 3.8) is 0 Å². The lowest BCUT2D eigenvalue weighted by Gasteiger charge is -2.04. The van der Waals surface area contributed by atoms with Crippen LogP contribution >= 0.6 is 0 Å². The van der Waals surface area contributed by atoms with Gasteiger partial charge in [-0.05, 0) is 50.7 Å². The van der Waals surface area contributed by atoms with Crippen molar-refractivity contribution in [2.45, 2.75) is 148 Å². The van der Waals surface area contributed by atoms with Crippen molar-refractivity contribution in [2.75, 3.05) is 6.61 Å². The van der Waals surface area contributed by atoms with E-state index in [0.717, 1.165) is 29.7 Å². The van der Waals surface area contributed by atoms with Crippen molar-refractivity contribution in [2.24, 2.45) is 0 Å². The summed E-state index contributed by atoms with van der Waals surface area (Å²) in [7, 11) is 0. The van der Waals surface area contributed by atoms with Crippen molar-refractivity contribution in [3.8, 4) is 0 Å². The number of aliphatic hydroxyl groups excluding tert-OH is 1. The van der Waals surface area contributed by atoms with Gasteiger partial charge in [-0.15, -0.1) is 0 Å². The van der Waals surface area contributed by atoms with E-state index in [9.17, 15) is 5.21 Å². The Bertz CT molecular complexity index is 811. The standard InChI is InChI=1S/C34H57N2O2/c37-30-20-16-12-8-4-2-1-3-5-9-13-17-23-33-25-21-28-35(31-33)27-19-15-11-7-6-10-14-18-24-34-26-22-29-36(38)32-34/h21-22,25-26,28-29,31-32,37H,1-20,23-24,27,30H2/q+1. The zero-order chi connectivity index (χ0) is 26.9. The van der Waals surface area contributed by atoms with Crippen molar-refractivity contribution in [1.82, 2.24) is 0 Å². The average molecular weight is 526 g/mol. The monoisotopic (exact) mass is 525 g/mol. The molecule has 2 heterocycles. The van der Waals surface area contributed by atoms with E-state index in [0.29, 0.717) is 6.61 Å². The van der Waals surface area contributed by atoms with Crippen molar-refractivity contribution in [1.29, 1.82) is 0 Å². The fraction of sp³-hybridized carbons (Fsp3) is 0.706. The summed E-state index contributed by atoms with van der Waals surface area (Å²) in [4.78, 5) is 0. The number of aliphatic hydroxyl groups is 1. The zero-order valence-electron chi connectivity index (χ0n) is 24.3. The van der Waals surface area contributed by atoms with Gasteiger partial charge in [-0.3, -0.25) is 0 Å². The number of hydrogen-bond donors (Lipinski definition) is 1. The fourth-order valence-corrected chi connectivity index (χ4v) is 5.40.